The summed E-state index contributed by atoms with van der Waals surface area (Å²) in [6, 6.07) is 0. The second kappa shape index (κ2) is 6.53. The van der Waals surface area contributed by atoms with Crippen LogP contribution in [-0.4, -0.2) is 37.0 Å². The quantitative estimate of drug-likeness (QED) is 0.556. The predicted octanol–water partition coefficient (Wildman–Crippen LogP) is 4.01. The molecule has 6 unspecified atom stereocenters. The Kier molecular flexibility index (Phi) is 4.32. The molecule has 0 aromatic heterocycles. The zero-order chi connectivity index (χ0) is 16.9. The highest BCUT2D eigenvalue weighted by Crippen LogP contribution is 2.49. The highest BCUT2D eigenvalue weighted by Gasteiger charge is 2.49. The molecule has 0 radical (unpaired) electrons. The Balaban J connectivity index is 1.19. The van der Waals surface area contributed by atoms with Crippen molar-refractivity contribution in [1.82, 2.24) is 0 Å². The van der Waals surface area contributed by atoms with Crippen LogP contribution in [0.4, 0.5) is 0 Å². The van der Waals surface area contributed by atoms with E-state index in [0.717, 1.165) is 38.5 Å². The van der Waals surface area contributed by atoms with Crippen molar-refractivity contribution in [3.05, 3.63) is 0 Å². The van der Waals surface area contributed by atoms with Crippen molar-refractivity contribution in [2.24, 2.45) is 17.3 Å². The number of epoxide rings is 2. The summed E-state index contributed by atoms with van der Waals surface area (Å²) in [4.78, 5) is 13.1. The third-order valence-corrected chi connectivity index (χ3v) is 7.60. The van der Waals surface area contributed by atoms with E-state index in [9.17, 15) is 4.79 Å². The van der Waals surface area contributed by atoms with Crippen LogP contribution < -0.4 is 0 Å². The monoisotopic (exact) mass is 348 g/mol. The molecule has 0 spiro atoms. The third kappa shape index (κ3) is 3.49. The Morgan fingerprint density at radius 3 is 2.16 bits per heavy atom. The van der Waals surface area contributed by atoms with E-state index in [1.807, 2.05) is 0 Å². The largest absolute Gasteiger partial charge is 0.465 e. The van der Waals surface area contributed by atoms with Crippen molar-refractivity contribution in [2.75, 3.05) is 6.61 Å². The van der Waals surface area contributed by atoms with Gasteiger partial charge < -0.3 is 14.2 Å². The maximum atomic E-state index is 13.1. The molecule has 0 bridgehead atoms. The van der Waals surface area contributed by atoms with Crippen LogP contribution in [0.3, 0.4) is 0 Å². The molecule has 2 heterocycles. The smallest absolute Gasteiger partial charge is 0.312 e. The molecule has 3 aliphatic carbocycles. The molecule has 4 nitrogen and oxygen atoms in total. The highest BCUT2D eigenvalue weighted by molar-refractivity contribution is 5.77. The molecule has 0 amide bonds. The number of carbonyl (C=O) groups is 1. The second-order valence-electron chi connectivity index (χ2n) is 9.43. The van der Waals surface area contributed by atoms with E-state index < -0.39 is 0 Å². The van der Waals surface area contributed by atoms with Crippen molar-refractivity contribution in [1.29, 1.82) is 0 Å². The number of esters is 1. The van der Waals surface area contributed by atoms with Gasteiger partial charge in [0.05, 0.1) is 36.4 Å². The van der Waals surface area contributed by atoms with Gasteiger partial charge in [0.2, 0.25) is 0 Å². The minimum absolute atomic E-state index is 0.116. The fourth-order valence-electron chi connectivity index (χ4n) is 5.93. The summed E-state index contributed by atoms with van der Waals surface area (Å²) >= 11 is 0. The molecule has 0 aromatic rings. The van der Waals surface area contributed by atoms with E-state index in [1.54, 1.807) is 0 Å². The van der Waals surface area contributed by atoms with Crippen LogP contribution in [-0.2, 0) is 19.0 Å². The van der Waals surface area contributed by atoms with Gasteiger partial charge in [0, 0.05) is 0 Å². The van der Waals surface area contributed by atoms with Crippen LogP contribution in [0.5, 0.6) is 0 Å². The predicted molar refractivity (Wildman–Crippen MR) is 93.1 cm³/mol. The van der Waals surface area contributed by atoms with Crippen molar-refractivity contribution in [3.63, 3.8) is 0 Å². The summed E-state index contributed by atoms with van der Waals surface area (Å²) in [6.07, 6.45) is 15.8. The highest BCUT2D eigenvalue weighted by atomic mass is 16.6. The Morgan fingerprint density at radius 1 is 0.840 bits per heavy atom. The topological polar surface area (TPSA) is 51.4 Å². The summed E-state index contributed by atoms with van der Waals surface area (Å²) in [5.41, 5.74) is -0.197. The number of hydrogen-bond donors (Lipinski definition) is 0. The van der Waals surface area contributed by atoms with Crippen LogP contribution in [0.2, 0.25) is 0 Å². The first-order chi connectivity index (χ1) is 12.2. The lowest BCUT2D eigenvalue weighted by Crippen LogP contribution is -2.38. The van der Waals surface area contributed by atoms with Gasteiger partial charge in [-0.3, -0.25) is 4.79 Å². The molecule has 3 saturated carbocycles. The van der Waals surface area contributed by atoms with Gasteiger partial charge in [0.15, 0.2) is 0 Å². The van der Waals surface area contributed by atoms with Gasteiger partial charge >= 0.3 is 5.97 Å². The van der Waals surface area contributed by atoms with Gasteiger partial charge in [-0.05, 0) is 69.6 Å². The van der Waals surface area contributed by atoms with Crippen LogP contribution in [0.25, 0.3) is 0 Å². The molecule has 0 N–H and O–H groups in total. The summed E-state index contributed by atoms with van der Waals surface area (Å²) in [5, 5.41) is 0. The molecule has 5 fully saturated rings. The lowest BCUT2D eigenvalue weighted by atomic mass is 9.67. The van der Waals surface area contributed by atoms with Gasteiger partial charge in [0.1, 0.15) is 0 Å². The molecule has 6 atom stereocenters. The minimum Gasteiger partial charge on any atom is -0.465 e. The minimum atomic E-state index is -0.197. The molecular weight excluding hydrogens is 316 g/mol. The van der Waals surface area contributed by atoms with Crippen LogP contribution in [0.1, 0.15) is 77.0 Å². The average Bonchev–Trinajstić information content (AvgIpc) is 3.53. The fourth-order valence-corrected chi connectivity index (χ4v) is 5.93. The van der Waals surface area contributed by atoms with E-state index in [1.165, 1.54) is 38.5 Å². The third-order valence-electron chi connectivity index (χ3n) is 7.60. The summed E-state index contributed by atoms with van der Waals surface area (Å²) in [6.45, 7) is 0.617. The van der Waals surface area contributed by atoms with Gasteiger partial charge in [-0.1, -0.05) is 19.3 Å². The van der Waals surface area contributed by atoms with Crippen molar-refractivity contribution < 1.29 is 19.0 Å². The van der Waals surface area contributed by atoms with Gasteiger partial charge in [-0.25, -0.2) is 0 Å². The van der Waals surface area contributed by atoms with Crippen LogP contribution >= 0.6 is 0 Å². The SMILES string of the molecule is O=C(OCC1CCC2OC2C1)C1(CC2CCC3OC3C2)CCCCC1. The lowest BCUT2D eigenvalue weighted by Gasteiger charge is -2.38. The van der Waals surface area contributed by atoms with E-state index in [4.69, 9.17) is 14.2 Å². The Labute approximate surface area is 151 Å². The number of ether oxygens (including phenoxy) is 3. The molecule has 4 heteroatoms. The molecule has 2 aliphatic heterocycles. The zero-order valence-electron chi connectivity index (χ0n) is 15.3. The van der Waals surface area contributed by atoms with Crippen molar-refractivity contribution in [3.8, 4) is 0 Å². The molecule has 140 valence electrons. The normalized spacial score (nSPS) is 44.3. The lowest BCUT2D eigenvalue weighted by molar-refractivity contribution is -0.161. The molecule has 2 saturated heterocycles. The zero-order valence-corrected chi connectivity index (χ0v) is 15.3. The number of rotatable bonds is 5. The van der Waals surface area contributed by atoms with Gasteiger partial charge in [-0.2, -0.15) is 0 Å². The first kappa shape index (κ1) is 16.6. The Morgan fingerprint density at radius 2 is 1.48 bits per heavy atom. The van der Waals surface area contributed by atoms with E-state index in [2.05, 4.69) is 0 Å². The van der Waals surface area contributed by atoms with Crippen molar-refractivity contribution in [2.45, 2.75) is 101 Å². The Hall–Kier alpha value is -0.610. The van der Waals surface area contributed by atoms with Gasteiger partial charge in [-0.15, -0.1) is 0 Å². The molecule has 5 aliphatic rings. The fraction of sp³-hybridized carbons (Fsp3) is 0.952. The van der Waals surface area contributed by atoms with Crippen LogP contribution in [0, 0.1) is 17.3 Å². The first-order valence-corrected chi connectivity index (χ1v) is 10.7. The van der Waals surface area contributed by atoms with E-state index in [0.29, 0.717) is 42.9 Å². The molecular formula is C21H32O4. The molecule has 5 rings (SSSR count). The van der Waals surface area contributed by atoms with Crippen molar-refractivity contribution >= 4 is 5.97 Å². The summed E-state index contributed by atoms with van der Waals surface area (Å²) in [7, 11) is 0. The summed E-state index contributed by atoms with van der Waals surface area (Å²) in [5.74, 6) is 1.29. The maximum Gasteiger partial charge on any atom is 0.312 e. The van der Waals surface area contributed by atoms with E-state index in [-0.39, 0.29) is 11.4 Å². The summed E-state index contributed by atoms with van der Waals surface area (Å²) < 4.78 is 17.3. The standard InChI is InChI=1S/C21H32O4/c22-20(23-13-15-5-7-17-19(11-15)25-17)21(8-2-1-3-9-21)12-14-4-6-16-18(10-14)24-16/h14-19H,1-13H2. The van der Waals surface area contributed by atoms with Crippen LogP contribution in [0.15, 0.2) is 0 Å². The maximum absolute atomic E-state index is 13.1. The number of carbonyl (C=O) groups excluding carboxylic acids is 1. The second-order valence-corrected chi connectivity index (χ2v) is 9.43. The number of hydrogen-bond acceptors (Lipinski definition) is 4. The first-order valence-electron chi connectivity index (χ1n) is 10.7. The molecule has 0 aromatic carbocycles. The van der Waals surface area contributed by atoms with Gasteiger partial charge in [0.25, 0.3) is 0 Å². The Bertz CT molecular complexity index is 512. The van der Waals surface area contributed by atoms with E-state index >= 15 is 0 Å². The number of fused-ring (bicyclic) bond motifs is 2. The molecule has 25 heavy (non-hydrogen) atoms. The average molecular weight is 348 g/mol.